The summed E-state index contributed by atoms with van der Waals surface area (Å²) in [5.41, 5.74) is 3.01. The molecule has 1 N–H and O–H groups in total. The lowest BCUT2D eigenvalue weighted by Gasteiger charge is -2.31. The summed E-state index contributed by atoms with van der Waals surface area (Å²) in [4.78, 5) is 40.5. The number of benzene rings is 4. The number of hydrogen-bond acceptors (Lipinski definition) is 11. The van der Waals surface area contributed by atoms with E-state index in [-0.39, 0.29) is 13.1 Å². The maximum atomic E-state index is 12.1. The Labute approximate surface area is 261 Å². The Morgan fingerprint density at radius 2 is 0.696 bits per heavy atom. The molecule has 0 fully saturated rings. The zero-order valence-corrected chi connectivity index (χ0v) is 24.7. The fourth-order valence-electron chi connectivity index (χ4n) is 6.07. The lowest BCUT2D eigenvalue weighted by molar-refractivity contribution is 0.190. The molecule has 4 aromatic rings. The van der Waals surface area contributed by atoms with Crippen molar-refractivity contribution in [2.45, 2.75) is 6.10 Å². The number of anilines is 4. The minimum Gasteiger partial charge on any atom is -0.389 e. The highest BCUT2D eigenvalue weighted by Gasteiger charge is 2.25. The lowest BCUT2D eigenvalue weighted by atomic mass is 10.1. The minimum atomic E-state index is -0.926. The molecule has 0 saturated heterocycles. The summed E-state index contributed by atoms with van der Waals surface area (Å²) in [5.74, 6) is 1.68. The van der Waals surface area contributed by atoms with Gasteiger partial charge in [-0.05, 0) is 48.5 Å². The number of para-hydroxylation sites is 4. The van der Waals surface area contributed by atoms with Gasteiger partial charge in [0.1, 0.15) is 44.7 Å². The van der Waals surface area contributed by atoms with Crippen LogP contribution in [0.3, 0.4) is 0 Å². The number of aliphatic hydroxyl groups excluding tert-OH is 1. The third-order valence-corrected chi connectivity index (χ3v) is 7.89. The van der Waals surface area contributed by atoms with Gasteiger partial charge in [-0.1, -0.05) is 50.6 Å². The van der Waals surface area contributed by atoms with E-state index in [9.17, 15) is 5.11 Å². The molecule has 0 spiro atoms. The molecule has 46 heavy (non-hydrogen) atoms. The molecule has 8 rings (SSSR count). The average Bonchev–Trinajstić information content (AvgIpc) is 3.80. The highest BCUT2D eigenvalue weighted by Crippen LogP contribution is 2.24. The molecule has 4 heterocycles. The van der Waals surface area contributed by atoms with Crippen LogP contribution in [0.2, 0.25) is 0 Å². The van der Waals surface area contributed by atoms with E-state index in [0.717, 1.165) is 22.7 Å². The molecule has 11 nitrogen and oxygen atoms in total. The highest BCUT2D eigenvalue weighted by molar-refractivity contribution is 5.65. The zero-order chi connectivity index (χ0) is 31.5. The van der Waals surface area contributed by atoms with Crippen molar-refractivity contribution in [3.63, 3.8) is 0 Å². The van der Waals surface area contributed by atoms with Gasteiger partial charge in [-0.25, -0.2) is 39.9 Å². The van der Waals surface area contributed by atoms with Crippen LogP contribution in [0, 0.1) is 0 Å². The summed E-state index contributed by atoms with van der Waals surface area (Å²) < 4.78 is 0. The summed E-state index contributed by atoms with van der Waals surface area (Å²) >= 11 is 0. The van der Waals surface area contributed by atoms with Gasteiger partial charge in [0.15, 0.2) is 0 Å². The van der Waals surface area contributed by atoms with Crippen molar-refractivity contribution >= 4 is 22.7 Å². The van der Waals surface area contributed by atoms with Crippen molar-refractivity contribution < 1.29 is 5.11 Å². The van der Waals surface area contributed by atoms with Gasteiger partial charge in [0.2, 0.25) is 0 Å². The summed E-state index contributed by atoms with van der Waals surface area (Å²) in [6, 6.07) is 23.0. The Morgan fingerprint density at radius 1 is 0.435 bits per heavy atom. The maximum absolute atomic E-state index is 12.1. The van der Waals surface area contributed by atoms with Gasteiger partial charge in [-0.3, -0.25) is 0 Å². The van der Waals surface area contributed by atoms with Crippen molar-refractivity contribution in [1.29, 1.82) is 0 Å². The Kier molecular flexibility index (Phi) is 6.22. The maximum Gasteiger partial charge on any atom is 0.146 e. The molecule has 0 aromatic heterocycles. The van der Waals surface area contributed by atoms with Gasteiger partial charge < -0.3 is 14.9 Å². The van der Waals surface area contributed by atoms with Crippen molar-refractivity contribution in [1.82, 2.24) is 0 Å². The second-order valence-electron chi connectivity index (χ2n) is 11.0. The van der Waals surface area contributed by atoms with Crippen LogP contribution in [-0.4, -0.2) is 24.3 Å². The fourth-order valence-corrected chi connectivity index (χ4v) is 6.07. The van der Waals surface area contributed by atoms with E-state index in [0.29, 0.717) is 66.1 Å². The van der Waals surface area contributed by atoms with Gasteiger partial charge in [-0.2, -0.15) is 0 Å². The number of fused-ring (bicyclic) bond motifs is 4. The van der Waals surface area contributed by atoms with E-state index in [1.807, 2.05) is 82.6 Å². The van der Waals surface area contributed by atoms with Crippen LogP contribution in [0.1, 0.15) is 0 Å². The van der Waals surface area contributed by atoms with E-state index in [2.05, 4.69) is 66.3 Å². The first-order chi connectivity index (χ1) is 22.3. The topological polar surface area (TPSA) is 126 Å². The molecular weight excluding hydrogens is 576 g/mol. The first kappa shape index (κ1) is 27.4. The van der Waals surface area contributed by atoms with E-state index < -0.39 is 6.10 Å². The molecule has 0 unspecified atom stereocenters. The van der Waals surface area contributed by atoms with E-state index >= 15 is 0 Å². The van der Waals surface area contributed by atoms with E-state index in [1.165, 1.54) is 0 Å². The first-order valence-corrected chi connectivity index (χ1v) is 14.6. The predicted octanol–water partition coefficient (Wildman–Crippen LogP) is 0.920. The van der Waals surface area contributed by atoms with Crippen LogP contribution in [0.15, 0.2) is 162 Å². The molecule has 0 bridgehead atoms. The Hall–Kier alpha value is -6.20. The molecule has 0 saturated carbocycles. The second kappa shape index (κ2) is 10.5. The van der Waals surface area contributed by atoms with E-state index in [1.54, 1.807) is 0 Å². The summed E-state index contributed by atoms with van der Waals surface area (Å²) in [6.07, 6.45) is -0.926. The monoisotopic (exact) mass is 602 g/mol. The molecule has 4 aromatic carbocycles. The Balaban J connectivity index is 1.27. The SMILES string of the molecule is C=C1N=c2cccc(N(CC(O)CN(c3cccc4c3=NC(=C)N=4)c3cccc4c3=NC(=C)N=4)c3cccc4c3=NC(=C)N=4)c2=N1. The molecular formula is C35H26N10O. The molecule has 0 radical (unpaired) electrons. The summed E-state index contributed by atoms with van der Waals surface area (Å²) in [6.45, 7) is 16.1. The van der Waals surface area contributed by atoms with Crippen LogP contribution in [0.25, 0.3) is 0 Å². The number of nitrogens with zero attached hydrogens (tertiary/aromatic N) is 10. The second-order valence-corrected chi connectivity index (χ2v) is 11.0. The smallest absolute Gasteiger partial charge is 0.146 e. The van der Waals surface area contributed by atoms with Crippen molar-refractivity contribution in [3.8, 4) is 0 Å². The Morgan fingerprint density at radius 3 is 0.957 bits per heavy atom. The van der Waals surface area contributed by atoms with Gasteiger partial charge in [0.05, 0.1) is 63.4 Å². The molecule has 4 aliphatic rings. The number of hydrogen-bond donors (Lipinski definition) is 1. The largest absolute Gasteiger partial charge is 0.389 e. The number of aliphatic hydroxyl groups is 1. The van der Waals surface area contributed by atoms with Crippen LogP contribution in [-0.2, 0) is 0 Å². The minimum absolute atomic E-state index is 0.167. The van der Waals surface area contributed by atoms with Crippen molar-refractivity contribution in [3.05, 3.63) is 165 Å². The third kappa shape index (κ3) is 4.57. The van der Waals surface area contributed by atoms with Gasteiger partial charge >= 0.3 is 0 Å². The van der Waals surface area contributed by atoms with E-state index in [4.69, 9.17) is 0 Å². The van der Waals surface area contributed by atoms with Gasteiger partial charge in [-0.15, -0.1) is 0 Å². The molecule has 0 atom stereocenters. The lowest BCUT2D eigenvalue weighted by Crippen LogP contribution is -2.45. The molecule has 222 valence electrons. The first-order valence-electron chi connectivity index (χ1n) is 14.6. The fraction of sp³-hybridized carbons (Fsp3) is 0.0857. The molecule has 0 aliphatic carbocycles. The summed E-state index contributed by atoms with van der Waals surface area (Å²) in [5, 5.41) is 17.6. The van der Waals surface area contributed by atoms with Crippen LogP contribution in [0.5, 0.6) is 0 Å². The average molecular weight is 603 g/mol. The quantitative estimate of drug-likeness (QED) is 0.323. The summed E-state index contributed by atoms with van der Waals surface area (Å²) in [7, 11) is 0. The molecule has 11 heteroatoms. The molecule has 4 aliphatic heterocycles. The van der Waals surface area contributed by atoms with Crippen LogP contribution in [0.4, 0.5) is 22.7 Å². The van der Waals surface area contributed by atoms with Crippen molar-refractivity contribution in [2.24, 2.45) is 39.9 Å². The van der Waals surface area contributed by atoms with Gasteiger partial charge in [0.25, 0.3) is 0 Å². The number of rotatable bonds is 8. The third-order valence-electron chi connectivity index (χ3n) is 7.89. The predicted molar refractivity (Wildman–Crippen MR) is 172 cm³/mol. The highest BCUT2D eigenvalue weighted by atomic mass is 16.3. The molecule has 0 amide bonds. The van der Waals surface area contributed by atoms with Crippen LogP contribution < -0.4 is 52.7 Å². The Bertz CT molecular complexity index is 2250. The van der Waals surface area contributed by atoms with Crippen molar-refractivity contribution in [2.75, 3.05) is 22.9 Å². The van der Waals surface area contributed by atoms with Crippen LogP contribution >= 0.6 is 0 Å². The van der Waals surface area contributed by atoms with Gasteiger partial charge in [0, 0.05) is 0 Å². The zero-order valence-electron chi connectivity index (χ0n) is 24.7. The normalized spacial score (nSPS) is 14.8. The standard InChI is InChI=1S/C35H26N10O/c1-19-36-24-9-5-13-28(32(24)40-19)44(29-14-6-10-25-33(29)41-20(2)37-25)17-23(46)18-45(30-15-7-11-26-34(30)42-21(3)38-26)31-16-8-12-27-35(31)43-22(4)39-27/h5-16,23,46H,1-4,17-18H2.